The van der Waals surface area contributed by atoms with E-state index in [-0.39, 0.29) is 30.6 Å². The SMILES string of the molecule is Cc1ccc(Cc2cnc(NC(=O)c3ccc(N4C(=O)CCC4=O)cc3)s2)cc1. The highest BCUT2D eigenvalue weighted by Gasteiger charge is 2.30. The summed E-state index contributed by atoms with van der Waals surface area (Å²) in [4.78, 5) is 42.6. The number of carbonyl (C=O) groups excluding carboxylic acids is 3. The van der Waals surface area contributed by atoms with Crippen molar-refractivity contribution in [3.8, 4) is 0 Å². The Bertz CT molecular complexity index is 1060. The Morgan fingerprint density at radius 3 is 2.34 bits per heavy atom. The Kier molecular flexibility index (Phi) is 5.22. The molecule has 0 aliphatic carbocycles. The van der Waals surface area contributed by atoms with Gasteiger partial charge < -0.3 is 0 Å². The van der Waals surface area contributed by atoms with Gasteiger partial charge in [-0.1, -0.05) is 29.8 Å². The van der Waals surface area contributed by atoms with Crippen molar-refractivity contribution in [3.05, 3.63) is 76.3 Å². The summed E-state index contributed by atoms with van der Waals surface area (Å²) in [6.45, 7) is 2.05. The minimum atomic E-state index is -0.285. The maximum Gasteiger partial charge on any atom is 0.257 e. The maximum atomic E-state index is 12.5. The number of amides is 3. The Morgan fingerprint density at radius 2 is 1.69 bits per heavy atom. The van der Waals surface area contributed by atoms with Crippen LogP contribution < -0.4 is 10.2 Å². The van der Waals surface area contributed by atoms with Crippen LogP contribution in [0.2, 0.25) is 0 Å². The van der Waals surface area contributed by atoms with Gasteiger partial charge in [0.15, 0.2) is 5.13 Å². The normalized spacial score (nSPS) is 13.8. The second kappa shape index (κ2) is 7.97. The zero-order valence-corrected chi connectivity index (χ0v) is 16.7. The monoisotopic (exact) mass is 405 g/mol. The first kappa shape index (κ1) is 19.0. The van der Waals surface area contributed by atoms with Crippen molar-refractivity contribution in [2.75, 3.05) is 10.2 Å². The van der Waals surface area contributed by atoms with Crippen molar-refractivity contribution < 1.29 is 14.4 Å². The lowest BCUT2D eigenvalue weighted by atomic mass is 10.1. The molecule has 3 aromatic rings. The Labute approximate surface area is 172 Å². The molecular weight excluding hydrogens is 386 g/mol. The highest BCUT2D eigenvalue weighted by Crippen LogP contribution is 2.24. The highest BCUT2D eigenvalue weighted by molar-refractivity contribution is 7.15. The second-order valence-electron chi connectivity index (χ2n) is 6.92. The Hall–Kier alpha value is -3.32. The molecule has 6 nitrogen and oxygen atoms in total. The number of thiazole rings is 1. The van der Waals surface area contributed by atoms with Gasteiger partial charge in [-0.15, -0.1) is 11.3 Å². The van der Waals surface area contributed by atoms with Crippen molar-refractivity contribution in [1.82, 2.24) is 4.98 Å². The molecule has 3 amide bonds. The zero-order chi connectivity index (χ0) is 20.4. The van der Waals surface area contributed by atoms with Crippen molar-refractivity contribution in [1.29, 1.82) is 0 Å². The van der Waals surface area contributed by atoms with Gasteiger partial charge in [0.1, 0.15) is 0 Å². The van der Waals surface area contributed by atoms with Crippen LogP contribution in [0, 0.1) is 6.92 Å². The molecule has 2 aromatic carbocycles. The quantitative estimate of drug-likeness (QED) is 0.652. The fourth-order valence-corrected chi connectivity index (χ4v) is 3.99. The van der Waals surface area contributed by atoms with Gasteiger partial charge in [-0.25, -0.2) is 4.98 Å². The van der Waals surface area contributed by atoms with E-state index < -0.39 is 0 Å². The second-order valence-corrected chi connectivity index (χ2v) is 8.03. The van der Waals surface area contributed by atoms with Gasteiger partial charge in [0, 0.05) is 35.9 Å². The van der Waals surface area contributed by atoms with Gasteiger partial charge in [-0.2, -0.15) is 0 Å². The average Bonchev–Trinajstić information content (AvgIpc) is 3.29. The molecule has 2 heterocycles. The number of aromatic nitrogens is 1. The van der Waals surface area contributed by atoms with Crippen LogP contribution in [0.4, 0.5) is 10.8 Å². The number of rotatable bonds is 5. The lowest BCUT2D eigenvalue weighted by Gasteiger charge is -2.13. The number of nitrogens with one attached hydrogen (secondary N) is 1. The first-order chi connectivity index (χ1) is 14.0. The fourth-order valence-electron chi connectivity index (χ4n) is 3.15. The molecule has 1 aromatic heterocycles. The lowest BCUT2D eigenvalue weighted by Crippen LogP contribution is -2.28. The highest BCUT2D eigenvalue weighted by atomic mass is 32.1. The van der Waals surface area contributed by atoms with E-state index in [0.717, 1.165) is 11.3 Å². The van der Waals surface area contributed by atoms with Crippen LogP contribution in [0.5, 0.6) is 0 Å². The van der Waals surface area contributed by atoms with E-state index in [1.807, 2.05) is 0 Å². The van der Waals surface area contributed by atoms with Gasteiger partial charge in [0.25, 0.3) is 5.91 Å². The summed E-state index contributed by atoms with van der Waals surface area (Å²) in [5, 5.41) is 3.33. The Balaban J connectivity index is 1.40. The van der Waals surface area contributed by atoms with E-state index in [0.29, 0.717) is 16.4 Å². The van der Waals surface area contributed by atoms with Crippen LogP contribution in [0.15, 0.2) is 54.7 Å². The van der Waals surface area contributed by atoms with Crippen LogP contribution in [0.1, 0.15) is 39.2 Å². The molecule has 0 saturated carbocycles. The minimum Gasteiger partial charge on any atom is -0.298 e. The standard InChI is InChI=1S/C22H19N3O3S/c1-14-2-4-15(5-3-14)12-18-13-23-22(29-18)24-21(28)16-6-8-17(9-7-16)25-19(26)10-11-20(25)27/h2-9,13H,10-12H2,1H3,(H,23,24,28). The van der Waals surface area contributed by atoms with Crippen LogP contribution in [0.3, 0.4) is 0 Å². The molecule has 0 radical (unpaired) electrons. The van der Waals surface area contributed by atoms with Gasteiger partial charge >= 0.3 is 0 Å². The van der Waals surface area contributed by atoms with E-state index >= 15 is 0 Å². The molecule has 1 N–H and O–H groups in total. The molecule has 0 spiro atoms. The molecule has 1 aliphatic rings. The van der Waals surface area contributed by atoms with Crippen LogP contribution in [-0.2, 0) is 16.0 Å². The van der Waals surface area contributed by atoms with Crippen molar-refractivity contribution in [2.45, 2.75) is 26.2 Å². The van der Waals surface area contributed by atoms with Crippen LogP contribution in [-0.4, -0.2) is 22.7 Å². The summed E-state index contributed by atoms with van der Waals surface area (Å²) in [5.41, 5.74) is 3.33. The lowest BCUT2D eigenvalue weighted by molar-refractivity contribution is -0.121. The molecular formula is C22H19N3O3S. The number of nitrogens with zero attached hydrogens (tertiary/aromatic N) is 2. The van der Waals surface area contributed by atoms with Gasteiger partial charge in [-0.3, -0.25) is 24.6 Å². The smallest absolute Gasteiger partial charge is 0.257 e. The average molecular weight is 405 g/mol. The van der Waals surface area contributed by atoms with Crippen LogP contribution >= 0.6 is 11.3 Å². The van der Waals surface area contributed by atoms with Gasteiger partial charge in [0.05, 0.1) is 5.69 Å². The van der Waals surface area contributed by atoms with E-state index in [4.69, 9.17) is 0 Å². The number of anilines is 2. The van der Waals surface area contributed by atoms with Crippen LogP contribution in [0.25, 0.3) is 0 Å². The van der Waals surface area contributed by atoms with Crippen molar-refractivity contribution in [3.63, 3.8) is 0 Å². The molecule has 146 valence electrons. The molecule has 0 atom stereocenters. The van der Waals surface area contributed by atoms with E-state index in [1.54, 1.807) is 30.5 Å². The van der Waals surface area contributed by atoms with Crippen molar-refractivity contribution >= 4 is 39.9 Å². The molecule has 0 unspecified atom stereocenters. The number of carbonyl (C=O) groups is 3. The number of benzene rings is 2. The summed E-state index contributed by atoms with van der Waals surface area (Å²) in [6, 6.07) is 14.8. The van der Waals surface area contributed by atoms with E-state index in [1.165, 1.54) is 27.4 Å². The minimum absolute atomic E-state index is 0.212. The number of hydrogen-bond acceptors (Lipinski definition) is 5. The molecule has 4 rings (SSSR count). The summed E-state index contributed by atoms with van der Waals surface area (Å²) in [5.74, 6) is -0.709. The topological polar surface area (TPSA) is 79.4 Å². The Morgan fingerprint density at radius 1 is 1.03 bits per heavy atom. The molecule has 7 heteroatoms. The van der Waals surface area contributed by atoms with Gasteiger partial charge in [0.2, 0.25) is 11.8 Å². The van der Waals surface area contributed by atoms with E-state index in [9.17, 15) is 14.4 Å². The van der Waals surface area contributed by atoms with E-state index in [2.05, 4.69) is 41.5 Å². The molecule has 0 bridgehead atoms. The zero-order valence-electron chi connectivity index (χ0n) is 15.8. The molecule has 1 aliphatic heterocycles. The number of imide groups is 1. The summed E-state index contributed by atoms with van der Waals surface area (Å²) in [6.07, 6.45) is 3.00. The fraction of sp³-hybridized carbons (Fsp3) is 0.182. The number of hydrogen-bond donors (Lipinski definition) is 1. The summed E-state index contributed by atoms with van der Waals surface area (Å²) in [7, 11) is 0. The maximum absolute atomic E-state index is 12.5. The largest absolute Gasteiger partial charge is 0.298 e. The summed E-state index contributed by atoms with van der Waals surface area (Å²) >= 11 is 1.44. The third-order valence-electron chi connectivity index (χ3n) is 4.71. The predicted octanol–water partition coefficient (Wildman–Crippen LogP) is 3.95. The predicted molar refractivity (Wildman–Crippen MR) is 112 cm³/mol. The number of aryl methyl sites for hydroxylation is 1. The first-order valence-electron chi connectivity index (χ1n) is 9.27. The molecule has 1 fully saturated rings. The third-order valence-corrected chi connectivity index (χ3v) is 5.62. The first-order valence-corrected chi connectivity index (χ1v) is 10.1. The third kappa shape index (κ3) is 4.25. The summed E-state index contributed by atoms with van der Waals surface area (Å²) < 4.78 is 0. The van der Waals surface area contributed by atoms with Crippen molar-refractivity contribution in [2.24, 2.45) is 0 Å². The molecule has 1 saturated heterocycles. The molecule has 29 heavy (non-hydrogen) atoms. The van der Waals surface area contributed by atoms with Gasteiger partial charge in [-0.05, 0) is 36.8 Å².